The lowest BCUT2D eigenvalue weighted by molar-refractivity contribution is -0.115. The molecule has 0 radical (unpaired) electrons. The number of fused-ring (bicyclic) bond motifs is 1. The Labute approximate surface area is 192 Å². The number of amides is 1. The predicted octanol–water partition coefficient (Wildman–Crippen LogP) is 4.19. The van der Waals surface area contributed by atoms with Crippen molar-refractivity contribution in [3.8, 4) is 0 Å². The third kappa shape index (κ3) is 4.15. The zero-order valence-corrected chi connectivity index (χ0v) is 20.1. The Hall–Kier alpha value is -2.39. The first-order valence-corrected chi connectivity index (χ1v) is 13.6. The second-order valence-electron chi connectivity index (χ2n) is 8.22. The molecule has 0 aliphatic heterocycles. The summed E-state index contributed by atoms with van der Waals surface area (Å²) in [5.41, 5.74) is 1.31. The number of anilines is 1. The van der Waals surface area contributed by atoms with Crippen LogP contribution in [0, 0.1) is 0 Å². The first-order valence-electron chi connectivity index (χ1n) is 11.2. The molecule has 2 aromatic heterocycles. The molecule has 1 N–H and O–H groups in total. The molecule has 0 saturated heterocycles. The molecule has 2 heterocycles. The SMILES string of the molecule is CCn1c(=O)n(CC)c2cc(S(=O)(=O)C3CCCCC3)c(NC(=O)Cc3cccs3)cc21. The van der Waals surface area contributed by atoms with E-state index < -0.39 is 15.1 Å². The summed E-state index contributed by atoms with van der Waals surface area (Å²) < 4.78 is 30.5. The van der Waals surface area contributed by atoms with Gasteiger partial charge < -0.3 is 5.32 Å². The first kappa shape index (κ1) is 22.8. The zero-order chi connectivity index (χ0) is 22.9. The highest BCUT2D eigenvalue weighted by molar-refractivity contribution is 7.92. The molecule has 0 spiro atoms. The van der Waals surface area contributed by atoms with Crippen LogP contribution in [-0.4, -0.2) is 28.7 Å². The molecule has 1 aliphatic rings. The Bertz CT molecular complexity index is 1280. The fraction of sp³-hybridized carbons (Fsp3) is 0.478. The zero-order valence-electron chi connectivity index (χ0n) is 18.5. The van der Waals surface area contributed by atoms with Crippen LogP contribution in [0.3, 0.4) is 0 Å². The minimum Gasteiger partial charge on any atom is -0.325 e. The smallest absolute Gasteiger partial charge is 0.325 e. The maximum absolute atomic E-state index is 13.7. The number of thiophene rings is 1. The second-order valence-corrected chi connectivity index (χ2v) is 11.4. The molecule has 1 aromatic carbocycles. The summed E-state index contributed by atoms with van der Waals surface area (Å²) in [4.78, 5) is 26.7. The van der Waals surface area contributed by atoms with Gasteiger partial charge in [0.15, 0.2) is 9.84 Å². The molecule has 32 heavy (non-hydrogen) atoms. The van der Waals surface area contributed by atoms with Crippen molar-refractivity contribution in [3.05, 3.63) is 45.0 Å². The molecule has 7 nitrogen and oxygen atoms in total. The van der Waals surface area contributed by atoms with Gasteiger partial charge in [-0.1, -0.05) is 25.3 Å². The van der Waals surface area contributed by atoms with Crippen LogP contribution in [-0.2, 0) is 34.1 Å². The van der Waals surface area contributed by atoms with Crippen molar-refractivity contribution in [1.29, 1.82) is 0 Å². The molecule has 1 fully saturated rings. The van der Waals surface area contributed by atoms with E-state index in [2.05, 4.69) is 5.32 Å². The number of imidazole rings is 1. The topological polar surface area (TPSA) is 90.2 Å². The van der Waals surface area contributed by atoms with Gasteiger partial charge in [0, 0.05) is 18.0 Å². The summed E-state index contributed by atoms with van der Waals surface area (Å²) in [7, 11) is -3.66. The summed E-state index contributed by atoms with van der Waals surface area (Å²) in [5.74, 6) is -0.271. The minimum atomic E-state index is -3.66. The van der Waals surface area contributed by atoms with Crippen molar-refractivity contribution < 1.29 is 13.2 Å². The lowest BCUT2D eigenvalue weighted by Gasteiger charge is -2.23. The summed E-state index contributed by atoms with van der Waals surface area (Å²) >= 11 is 1.48. The summed E-state index contributed by atoms with van der Waals surface area (Å²) in [6, 6.07) is 7.01. The lowest BCUT2D eigenvalue weighted by Crippen LogP contribution is -2.26. The average Bonchev–Trinajstić information content (AvgIpc) is 3.38. The average molecular weight is 476 g/mol. The van der Waals surface area contributed by atoms with E-state index in [1.54, 1.807) is 21.3 Å². The van der Waals surface area contributed by atoms with Gasteiger partial charge in [-0.2, -0.15) is 0 Å². The molecule has 0 atom stereocenters. The number of nitrogens with one attached hydrogen (secondary N) is 1. The van der Waals surface area contributed by atoms with Crippen molar-refractivity contribution in [1.82, 2.24) is 9.13 Å². The molecule has 1 amide bonds. The molecule has 4 rings (SSSR count). The van der Waals surface area contributed by atoms with Crippen LogP contribution < -0.4 is 11.0 Å². The van der Waals surface area contributed by atoms with Gasteiger partial charge in [-0.3, -0.25) is 13.9 Å². The van der Waals surface area contributed by atoms with E-state index in [0.717, 1.165) is 24.1 Å². The fourth-order valence-electron chi connectivity index (χ4n) is 4.61. The highest BCUT2D eigenvalue weighted by atomic mass is 32.2. The Balaban J connectivity index is 1.85. The van der Waals surface area contributed by atoms with Crippen LogP contribution in [0.5, 0.6) is 0 Å². The molecular formula is C23H29N3O4S2. The fourth-order valence-corrected chi connectivity index (χ4v) is 7.32. The highest BCUT2D eigenvalue weighted by Crippen LogP contribution is 2.35. The Morgan fingerprint density at radius 1 is 1.09 bits per heavy atom. The van der Waals surface area contributed by atoms with Crippen molar-refractivity contribution in [2.75, 3.05) is 5.32 Å². The number of aromatic nitrogens is 2. The molecule has 0 unspecified atom stereocenters. The number of hydrogen-bond donors (Lipinski definition) is 1. The molecular weight excluding hydrogens is 446 g/mol. The maximum atomic E-state index is 13.7. The molecule has 172 valence electrons. The number of benzene rings is 1. The normalized spacial score (nSPS) is 15.3. The van der Waals surface area contributed by atoms with E-state index >= 15 is 0 Å². The van der Waals surface area contributed by atoms with Crippen LogP contribution in [0.15, 0.2) is 39.3 Å². The molecule has 9 heteroatoms. The Kier molecular flexibility index (Phi) is 6.57. The van der Waals surface area contributed by atoms with Crippen LogP contribution >= 0.6 is 11.3 Å². The van der Waals surface area contributed by atoms with Crippen LogP contribution in [0.1, 0.15) is 50.8 Å². The summed E-state index contributed by atoms with van der Waals surface area (Å²) in [5, 5.41) is 4.29. The van der Waals surface area contributed by atoms with Crippen molar-refractivity contribution in [2.45, 2.75) is 75.6 Å². The highest BCUT2D eigenvalue weighted by Gasteiger charge is 2.32. The Morgan fingerprint density at radius 2 is 1.75 bits per heavy atom. The lowest BCUT2D eigenvalue weighted by atomic mass is 10.0. The number of carbonyl (C=O) groups is 1. The van der Waals surface area contributed by atoms with Gasteiger partial charge in [0.25, 0.3) is 0 Å². The van der Waals surface area contributed by atoms with Gasteiger partial charge in [0.05, 0.1) is 33.3 Å². The summed E-state index contributed by atoms with van der Waals surface area (Å²) in [6.07, 6.45) is 4.24. The number of rotatable bonds is 7. The largest absolute Gasteiger partial charge is 0.329 e. The van der Waals surface area contributed by atoms with Crippen molar-refractivity contribution in [2.24, 2.45) is 0 Å². The third-order valence-corrected chi connectivity index (χ3v) is 9.42. The van der Waals surface area contributed by atoms with Crippen molar-refractivity contribution in [3.63, 3.8) is 0 Å². The number of carbonyl (C=O) groups excluding carboxylic acids is 1. The first-order chi connectivity index (χ1) is 15.4. The number of hydrogen-bond acceptors (Lipinski definition) is 5. The number of nitrogens with zero attached hydrogens (tertiary/aromatic N) is 2. The third-order valence-electron chi connectivity index (χ3n) is 6.24. The molecule has 0 bridgehead atoms. The van der Waals surface area contributed by atoms with Crippen LogP contribution in [0.2, 0.25) is 0 Å². The van der Waals surface area contributed by atoms with Gasteiger partial charge in [0.1, 0.15) is 0 Å². The van der Waals surface area contributed by atoms with Gasteiger partial charge in [-0.05, 0) is 50.3 Å². The van der Waals surface area contributed by atoms with Gasteiger partial charge in [0.2, 0.25) is 5.91 Å². The van der Waals surface area contributed by atoms with E-state index in [0.29, 0.717) is 37.0 Å². The van der Waals surface area contributed by atoms with Gasteiger partial charge >= 0.3 is 5.69 Å². The number of sulfone groups is 1. The van der Waals surface area contributed by atoms with Crippen LogP contribution in [0.25, 0.3) is 11.0 Å². The van der Waals surface area contributed by atoms with Gasteiger partial charge in [-0.25, -0.2) is 13.2 Å². The summed E-state index contributed by atoms with van der Waals surface area (Å²) in [6.45, 7) is 4.64. The quantitative estimate of drug-likeness (QED) is 0.555. The number of aryl methyl sites for hydroxylation is 2. The van der Waals surface area contributed by atoms with E-state index in [9.17, 15) is 18.0 Å². The molecule has 1 saturated carbocycles. The molecule has 3 aromatic rings. The maximum Gasteiger partial charge on any atom is 0.329 e. The van der Waals surface area contributed by atoms with Gasteiger partial charge in [-0.15, -0.1) is 11.3 Å². The minimum absolute atomic E-state index is 0.117. The Morgan fingerprint density at radius 3 is 2.34 bits per heavy atom. The monoisotopic (exact) mass is 475 g/mol. The van der Waals surface area contributed by atoms with E-state index in [4.69, 9.17) is 0 Å². The van der Waals surface area contributed by atoms with E-state index in [1.807, 2.05) is 31.4 Å². The van der Waals surface area contributed by atoms with Crippen LogP contribution in [0.4, 0.5) is 5.69 Å². The van der Waals surface area contributed by atoms with Crippen molar-refractivity contribution >= 4 is 43.8 Å². The van der Waals surface area contributed by atoms with E-state index in [1.165, 1.54) is 11.3 Å². The predicted molar refractivity (Wildman–Crippen MR) is 128 cm³/mol. The van der Waals surface area contributed by atoms with E-state index in [-0.39, 0.29) is 28.6 Å². The standard InChI is InChI=1S/C23H29N3O4S2/c1-3-25-19-14-18(24-22(27)13-16-9-8-12-31-16)21(15-20(19)26(4-2)23(25)28)32(29,30)17-10-6-5-7-11-17/h8-9,12,14-15,17H,3-7,10-11,13H2,1-2H3,(H,24,27). The second kappa shape index (κ2) is 9.23. The molecule has 1 aliphatic carbocycles.